The number of nitrogens with zero attached hydrogens (tertiary/aromatic N) is 1. The van der Waals surface area contributed by atoms with E-state index in [1.807, 2.05) is 28.1 Å². The van der Waals surface area contributed by atoms with E-state index < -0.39 is 6.16 Å². The summed E-state index contributed by atoms with van der Waals surface area (Å²) in [6.45, 7) is 2.20. The summed E-state index contributed by atoms with van der Waals surface area (Å²) in [5.41, 5.74) is 0. The fourth-order valence-corrected chi connectivity index (χ4v) is 0.415. The average Bonchev–Trinajstić information content (AvgIpc) is 1.80. The van der Waals surface area contributed by atoms with Gasteiger partial charge in [0.05, 0.1) is 21.1 Å². The second-order valence-electron chi connectivity index (χ2n) is 3.54. The molecular formula is C7H17NO4. The molecule has 0 aromatic heterocycles. The molecule has 0 aliphatic heterocycles. The molecule has 1 atom stereocenters. The van der Waals surface area contributed by atoms with E-state index in [1.165, 1.54) is 0 Å². The summed E-state index contributed by atoms with van der Waals surface area (Å²) in [6, 6.07) is 0.186. The molecule has 2 N–H and O–H groups in total. The van der Waals surface area contributed by atoms with Crippen LogP contribution in [0.5, 0.6) is 0 Å². The van der Waals surface area contributed by atoms with Gasteiger partial charge in [-0.2, -0.15) is 0 Å². The van der Waals surface area contributed by atoms with Gasteiger partial charge in [0.25, 0.3) is 0 Å². The Morgan fingerprint density at radius 1 is 1.50 bits per heavy atom. The van der Waals surface area contributed by atoms with Gasteiger partial charge in [-0.3, -0.25) is 0 Å². The van der Waals surface area contributed by atoms with Crippen LogP contribution in [0.25, 0.3) is 0 Å². The van der Waals surface area contributed by atoms with Crippen molar-refractivity contribution in [3.63, 3.8) is 0 Å². The number of rotatable bonds is 3. The largest absolute Gasteiger partial charge is 0.870 e. The Morgan fingerprint density at radius 2 is 1.92 bits per heavy atom. The molecule has 0 fully saturated rings. The van der Waals surface area contributed by atoms with Crippen LogP contribution in [0.4, 0.5) is 4.79 Å². The number of likely N-dealkylation sites (N-methyl/N-ethyl adjacent to an activating group) is 1. The number of hydrogen-bond donors (Lipinski definition) is 1. The summed E-state index contributed by atoms with van der Waals surface area (Å²) in [5, 5.41) is 8.20. The van der Waals surface area contributed by atoms with Crippen LogP contribution < -0.4 is 0 Å². The van der Waals surface area contributed by atoms with E-state index in [0.717, 1.165) is 0 Å². The number of carboxylic acid groups (broad SMARTS) is 1. The Bertz CT molecular complexity index is 141. The van der Waals surface area contributed by atoms with Gasteiger partial charge in [-0.15, -0.1) is 0 Å². The third-order valence-corrected chi connectivity index (χ3v) is 1.77. The van der Waals surface area contributed by atoms with Crippen LogP contribution in [-0.4, -0.2) is 55.0 Å². The van der Waals surface area contributed by atoms with Crippen molar-refractivity contribution in [3.05, 3.63) is 0 Å². The SMILES string of the molecule is CC(COC(=O)O)[N+](C)(C)C.[OH-]. The van der Waals surface area contributed by atoms with Gasteiger partial charge in [-0.25, -0.2) is 4.79 Å². The van der Waals surface area contributed by atoms with Crippen LogP contribution in [0.15, 0.2) is 0 Å². The lowest BCUT2D eigenvalue weighted by Crippen LogP contribution is -2.46. The highest BCUT2D eigenvalue weighted by Crippen LogP contribution is 2.01. The smallest absolute Gasteiger partial charge is 0.505 e. The minimum Gasteiger partial charge on any atom is -0.870 e. The number of ether oxygens (including phenoxy) is 1. The highest BCUT2D eigenvalue weighted by atomic mass is 16.7. The molecule has 0 aromatic rings. The molecule has 1 unspecified atom stereocenters. The van der Waals surface area contributed by atoms with Crippen molar-refractivity contribution in [2.24, 2.45) is 0 Å². The van der Waals surface area contributed by atoms with Crippen molar-refractivity contribution in [1.29, 1.82) is 0 Å². The lowest BCUT2D eigenvalue weighted by molar-refractivity contribution is -0.894. The predicted molar refractivity (Wildman–Crippen MR) is 43.4 cm³/mol. The van der Waals surface area contributed by atoms with E-state index >= 15 is 0 Å². The molecule has 0 saturated heterocycles. The van der Waals surface area contributed by atoms with Gasteiger partial charge in [-0.05, 0) is 6.92 Å². The fourth-order valence-electron chi connectivity index (χ4n) is 0.415. The maximum absolute atomic E-state index is 10.0. The minimum atomic E-state index is -1.20. The standard InChI is InChI=1S/C7H15NO3.H2O/c1-6(8(2,3)4)5-11-7(9)10;/h6H,5H2,1-4H3;1H2. The van der Waals surface area contributed by atoms with Crippen LogP contribution in [0.3, 0.4) is 0 Å². The van der Waals surface area contributed by atoms with Crippen LogP contribution in [0.1, 0.15) is 6.92 Å². The monoisotopic (exact) mass is 179 g/mol. The van der Waals surface area contributed by atoms with Gasteiger partial charge >= 0.3 is 6.16 Å². The van der Waals surface area contributed by atoms with Gasteiger partial charge in [0.2, 0.25) is 0 Å². The Labute approximate surface area is 72.4 Å². The zero-order chi connectivity index (χ0) is 9.07. The van der Waals surface area contributed by atoms with Crippen molar-refractivity contribution in [3.8, 4) is 0 Å². The predicted octanol–water partition coefficient (Wildman–Crippen LogP) is 0.599. The molecule has 0 bridgehead atoms. The maximum atomic E-state index is 10.0. The highest BCUT2D eigenvalue weighted by molar-refractivity contribution is 5.56. The van der Waals surface area contributed by atoms with Gasteiger partial charge < -0.3 is 19.8 Å². The Morgan fingerprint density at radius 3 is 2.17 bits per heavy atom. The first kappa shape index (κ1) is 13.8. The molecule has 0 aliphatic rings. The molecular weight excluding hydrogens is 162 g/mol. The molecule has 0 spiro atoms. The molecule has 74 valence electrons. The molecule has 0 saturated carbocycles. The van der Waals surface area contributed by atoms with Crippen molar-refractivity contribution >= 4 is 6.16 Å². The summed E-state index contributed by atoms with van der Waals surface area (Å²) in [7, 11) is 5.99. The first-order valence-electron chi connectivity index (χ1n) is 3.51. The quantitative estimate of drug-likeness (QED) is 0.508. The summed E-state index contributed by atoms with van der Waals surface area (Å²) < 4.78 is 5.13. The number of quaternary nitrogens is 1. The Hall–Kier alpha value is -0.810. The maximum Gasteiger partial charge on any atom is 0.505 e. The van der Waals surface area contributed by atoms with Crippen molar-refractivity contribution in [2.45, 2.75) is 13.0 Å². The molecule has 0 aliphatic carbocycles. The second-order valence-corrected chi connectivity index (χ2v) is 3.54. The van der Waals surface area contributed by atoms with E-state index in [1.54, 1.807) is 0 Å². The summed E-state index contributed by atoms with van der Waals surface area (Å²) >= 11 is 0. The molecule has 0 rings (SSSR count). The van der Waals surface area contributed by atoms with E-state index in [-0.39, 0.29) is 18.1 Å². The minimum absolute atomic E-state index is 0. The Kier molecular flexibility index (Phi) is 5.67. The molecule has 0 radical (unpaired) electrons. The third-order valence-electron chi connectivity index (χ3n) is 1.77. The van der Waals surface area contributed by atoms with Crippen LogP contribution >= 0.6 is 0 Å². The number of hydrogen-bond acceptors (Lipinski definition) is 3. The lowest BCUT2D eigenvalue weighted by Gasteiger charge is -2.30. The van der Waals surface area contributed by atoms with Gasteiger partial charge in [-0.1, -0.05) is 0 Å². The van der Waals surface area contributed by atoms with E-state index in [4.69, 9.17) is 5.11 Å². The molecule has 5 nitrogen and oxygen atoms in total. The van der Waals surface area contributed by atoms with Crippen molar-refractivity contribution in [2.75, 3.05) is 27.7 Å². The number of carbonyl (C=O) groups is 1. The summed E-state index contributed by atoms with van der Waals surface area (Å²) in [6.07, 6.45) is -1.20. The van der Waals surface area contributed by atoms with Crippen LogP contribution in [-0.2, 0) is 4.74 Å². The average molecular weight is 179 g/mol. The molecule has 0 aromatic carbocycles. The van der Waals surface area contributed by atoms with E-state index in [9.17, 15) is 4.79 Å². The fraction of sp³-hybridized carbons (Fsp3) is 0.857. The zero-order valence-corrected chi connectivity index (χ0v) is 7.94. The van der Waals surface area contributed by atoms with Gasteiger partial charge in [0.1, 0.15) is 12.6 Å². The lowest BCUT2D eigenvalue weighted by atomic mass is 10.3. The zero-order valence-electron chi connectivity index (χ0n) is 7.94. The van der Waals surface area contributed by atoms with Gasteiger partial charge in [0, 0.05) is 0 Å². The summed E-state index contributed by atoms with van der Waals surface area (Å²) in [4.78, 5) is 10.0. The molecule has 0 amide bonds. The molecule has 12 heavy (non-hydrogen) atoms. The van der Waals surface area contributed by atoms with Crippen molar-refractivity contribution < 1.29 is 24.6 Å². The first-order valence-corrected chi connectivity index (χ1v) is 3.51. The third kappa shape index (κ3) is 5.94. The van der Waals surface area contributed by atoms with E-state index in [2.05, 4.69) is 4.74 Å². The highest BCUT2D eigenvalue weighted by Gasteiger charge is 2.19. The van der Waals surface area contributed by atoms with E-state index in [0.29, 0.717) is 4.48 Å². The second kappa shape index (κ2) is 4.95. The topological polar surface area (TPSA) is 76.5 Å². The van der Waals surface area contributed by atoms with Crippen molar-refractivity contribution in [1.82, 2.24) is 0 Å². The van der Waals surface area contributed by atoms with Gasteiger partial charge in [0.15, 0.2) is 0 Å². The first-order chi connectivity index (χ1) is 4.84. The molecule has 5 heteroatoms. The summed E-state index contributed by atoms with van der Waals surface area (Å²) in [5.74, 6) is 0. The molecule has 0 heterocycles. The Balaban J connectivity index is 0. The van der Waals surface area contributed by atoms with Crippen LogP contribution in [0.2, 0.25) is 0 Å². The van der Waals surface area contributed by atoms with Crippen LogP contribution in [0, 0.1) is 0 Å². The normalized spacial score (nSPS) is 13.0.